The van der Waals surface area contributed by atoms with E-state index in [9.17, 15) is 15.0 Å². The van der Waals surface area contributed by atoms with Crippen molar-refractivity contribution >= 4 is 41.4 Å². The van der Waals surface area contributed by atoms with Crippen LogP contribution in [0.5, 0.6) is 5.88 Å². The van der Waals surface area contributed by atoms with Crippen molar-refractivity contribution in [1.29, 1.82) is 0 Å². The molecular weight excluding hydrogens is 284 g/mol. The fourth-order valence-corrected chi connectivity index (χ4v) is 2.59. The van der Waals surface area contributed by atoms with Gasteiger partial charge in [-0.05, 0) is 24.4 Å². The predicted molar refractivity (Wildman–Crippen MR) is 73.5 cm³/mol. The molecule has 0 radical (unpaired) electrons. The van der Waals surface area contributed by atoms with Crippen LogP contribution in [0.1, 0.15) is 4.88 Å². The quantitative estimate of drug-likeness (QED) is 0.684. The summed E-state index contributed by atoms with van der Waals surface area (Å²) in [5.41, 5.74) is 0.729. The molecule has 0 aliphatic carbocycles. The monoisotopic (exact) mass is 293 g/mol. The number of nitrogens with zero attached hydrogens (tertiary/aromatic N) is 2. The number of aliphatic imine (C=N–C) groups is 1. The van der Waals surface area contributed by atoms with Crippen LogP contribution in [0.25, 0.3) is 0 Å². The van der Waals surface area contributed by atoms with Gasteiger partial charge in [0.05, 0.1) is 24.4 Å². The minimum absolute atomic E-state index is 0.209. The Morgan fingerprint density at radius 1 is 1.47 bits per heavy atom. The first-order valence-electron chi connectivity index (χ1n) is 5.29. The molecule has 0 spiro atoms. The first-order valence-corrected chi connectivity index (χ1v) is 6.52. The van der Waals surface area contributed by atoms with Crippen molar-refractivity contribution in [1.82, 2.24) is 4.57 Å². The number of rotatable bonds is 4. The molecule has 1 heterocycles. The van der Waals surface area contributed by atoms with Gasteiger partial charge in [-0.25, -0.2) is 0 Å². The second kappa shape index (κ2) is 5.77. The lowest BCUT2D eigenvalue weighted by Crippen LogP contribution is -2.27. The van der Waals surface area contributed by atoms with E-state index < -0.39 is 12.5 Å². The molecule has 0 aliphatic heterocycles. The predicted octanol–water partition coefficient (Wildman–Crippen LogP) is 1.49. The van der Waals surface area contributed by atoms with Crippen LogP contribution in [0.15, 0.2) is 35.3 Å². The number of aromatic nitrogens is 1. The number of thiazole rings is 1. The average Bonchev–Trinajstić information content (AvgIpc) is 2.65. The van der Waals surface area contributed by atoms with Crippen molar-refractivity contribution < 1.29 is 15.0 Å². The number of carbonyl (C=O) groups excluding carboxylic acids is 1. The summed E-state index contributed by atoms with van der Waals surface area (Å²) in [4.78, 5) is 15.1. The van der Waals surface area contributed by atoms with E-state index in [1.807, 2.05) is 30.3 Å². The van der Waals surface area contributed by atoms with Gasteiger partial charge in [-0.3, -0.25) is 9.56 Å². The Kier molecular flexibility index (Phi) is 4.08. The van der Waals surface area contributed by atoms with Crippen LogP contribution < -0.4 is 5.11 Å². The lowest BCUT2D eigenvalue weighted by atomic mass is 10.3. The van der Waals surface area contributed by atoms with E-state index >= 15 is 0 Å². The van der Waals surface area contributed by atoms with Gasteiger partial charge in [-0.1, -0.05) is 29.5 Å². The highest BCUT2D eigenvalue weighted by Crippen LogP contribution is 2.24. The van der Waals surface area contributed by atoms with Gasteiger partial charge < -0.3 is 15.0 Å². The fraction of sp³-hybridized carbons (Fsp3) is 0.0833. The van der Waals surface area contributed by atoms with Gasteiger partial charge in [-0.15, -0.1) is 0 Å². The number of benzene rings is 1. The first-order chi connectivity index (χ1) is 9.08. The number of para-hydroxylation sites is 1. The highest BCUT2D eigenvalue weighted by molar-refractivity contribution is 7.73. The highest BCUT2D eigenvalue weighted by Gasteiger charge is 2.09. The summed E-state index contributed by atoms with van der Waals surface area (Å²) in [6.45, 7) is -0.472. The molecule has 1 aromatic heterocycles. The fourth-order valence-electron chi connectivity index (χ4n) is 1.41. The van der Waals surface area contributed by atoms with E-state index in [0.717, 1.165) is 21.6 Å². The van der Waals surface area contributed by atoms with E-state index in [4.69, 9.17) is 12.2 Å². The molecule has 0 saturated carbocycles. The minimum Gasteiger partial charge on any atom is -0.548 e. The lowest BCUT2D eigenvalue weighted by Gasteiger charge is -2.04. The zero-order valence-electron chi connectivity index (χ0n) is 9.65. The number of aromatic hydroxyl groups is 1. The molecule has 0 atom stereocenters. The number of carbonyl (C=O) groups is 1. The van der Waals surface area contributed by atoms with Crippen LogP contribution in [0.3, 0.4) is 0 Å². The van der Waals surface area contributed by atoms with Gasteiger partial charge >= 0.3 is 0 Å². The highest BCUT2D eigenvalue weighted by atomic mass is 32.1. The molecule has 2 rings (SSSR count). The summed E-state index contributed by atoms with van der Waals surface area (Å²) in [6.07, 6.45) is 1.46. The summed E-state index contributed by atoms with van der Waals surface area (Å²) >= 11 is 6.07. The number of aliphatic carboxylic acids is 1. The molecule has 0 unspecified atom stereocenters. The van der Waals surface area contributed by atoms with E-state index in [0.29, 0.717) is 4.88 Å². The molecule has 7 heteroatoms. The van der Waals surface area contributed by atoms with Gasteiger partial charge in [-0.2, -0.15) is 0 Å². The zero-order valence-corrected chi connectivity index (χ0v) is 11.3. The first kappa shape index (κ1) is 13.4. The van der Waals surface area contributed by atoms with E-state index in [1.54, 1.807) is 0 Å². The summed E-state index contributed by atoms with van der Waals surface area (Å²) in [7, 11) is 0. The molecule has 98 valence electrons. The Bertz CT molecular complexity index is 674. The van der Waals surface area contributed by atoms with Crippen molar-refractivity contribution in [3.8, 4) is 5.88 Å². The maximum absolute atomic E-state index is 10.5. The summed E-state index contributed by atoms with van der Waals surface area (Å²) in [6, 6.07) is 9.18. The van der Waals surface area contributed by atoms with Crippen molar-refractivity contribution in [2.24, 2.45) is 4.99 Å². The molecule has 5 nitrogen and oxygen atoms in total. The second-order valence-electron chi connectivity index (χ2n) is 3.61. The van der Waals surface area contributed by atoms with Crippen molar-refractivity contribution in [3.05, 3.63) is 39.2 Å². The van der Waals surface area contributed by atoms with Gasteiger partial charge in [0.25, 0.3) is 0 Å². The number of hydrogen-bond donors (Lipinski definition) is 1. The van der Waals surface area contributed by atoms with Crippen molar-refractivity contribution in [2.75, 3.05) is 0 Å². The molecule has 0 amide bonds. The van der Waals surface area contributed by atoms with E-state index in [2.05, 4.69) is 4.99 Å². The molecule has 1 aromatic carbocycles. The summed E-state index contributed by atoms with van der Waals surface area (Å²) < 4.78 is 1.36. The summed E-state index contributed by atoms with van der Waals surface area (Å²) in [5, 5.41) is 20.4. The number of hydrogen-bond acceptors (Lipinski definition) is 6. The van der Waals surface area contributed by atoms with E-state index in [1.165, 1.54) is 6.21 Å². The van der Waals surface area contributed by atoms with Gasteiger partial charge in [0, 0.05) is 0 Å². The average molecular weight is 293 g/mol. The molecule has 0 aliphatic rings. The maximum Gasteiger partial charge on any atom is 0.212 e. The van der Waals surface area contributed by atoms with Crippen molar-refractivity contribution in [3.63, 3.8) is 0 Å². The van der Waals surface area contributed by atoms with Gasteiger partial charge in [0.1, 0.15) is 4.88 Å². The Morgan fingerprint density at radius 2 is 2.16 bits per heavy atom. The largest absolute Gasteiger partial charge is 0.548 e. The Labute approximate surface area is 118 Å². The standard InChI is InChI=1S/C12H10N2O3S2/c15-10(16)7-14-11(17)9(19-12(14)18)6-13-8-4-2-1-3-5-8/h1-6,17H,7H2,(H,15,16)/p-1. The van der Waals surface area contributed by atoms with Crippen LogP contribution in [0.2, 0.25) is 0 Å². The Hall–Kier alpha value is -1.99. The third-order valence-electron chi connectivity index (χ3n) is 2.27. The lowest BCUT2D eigenvalue weighted by molar-refractivity contribution is -0.306. The molecule has 2 aromatic rings. The normalized spacial score (nSPS) is 10.9. The SMILES string of the molecule is O=C([O-])Cn1c(O)c(C=Nc2ccccc2)sc1=S. The van der Waals surface area contributed by atoms with Crippen LogP contribution in [-0.4, -0.2) is 21.9 Å². The maximum atomic E-state index is 10.5. The molecule has 0 bridgehead atoms. The molecule has 19 heavy (non-hydrogen) atoms. The van der Waals surface area contributed by atoms with Crippen LogP contribution in [0, 0.1) is 3.95 Å². The van der Waals surface area contributed by atoms with Gasteiger partial charge in [0.2, 0.25) is 5.88 Å². The molecule has 0 saturated heterocycles. The smallest absolute Gasteiger partial charge is 0.212 e. The van der Waals surface area contributed by atoms with E-state index in [-0.39, 0.29) is 9.83 Å². The third kappa shape index (κ3) is 3.27. The van der Waals surface area contributed by atoms with Gasteiger partial charge in [0.15, 0.2) is 3.95 Å². The number of carboxylic acid groups (broad SMARTS) is 1. The number of carboxylic acids is 1. The Morgan fingerprint density at radius 3 is 2.79 bits per heavy atom. The minimum atomic E-state index is -1.31. The third-order valence-corrected chi connectivity index (χ3v) is 3.64. The molecule has 1 N–H and O–H groups in total. The molecular formula is C12H9N2O3S2-. The van der Waals surface area contributed by atoms with Crippen LogP contribution in [-0.2, 0) is 11.3 Å². The van der Waals surface area contributed by atoms with Crippen molar-refractivity contribution in [2.45, 2.75) is 6.54 Å². The summed E-state index contributed by atoms with van der Waals surface area (Å²) in [5.74, 6) is -1.52. The van der Waals surface area contributed by atoms with Crippen LogP contribution in [0.4, 0.5) is 5.69 Å². The van der Waals surface area contributed by atoms with Crippen LogP contribution >= 0.6 is 23.6 Å². The Balaban J connectivity index is 2.30. The topological polar surface area (TPSA) is 77.6 Å². The zero-order chi connectivity index (χ0) is 13.8. The molecule has 0 fully saturated rings. The second-order valence-corrected chi connectivity index (χ2v) is 5.28.